The fourth-order valence-corrected chi connectivity index (χ4v) is 4.50. The Hall–Kier alpha value is -3.42. The lowest BCUT2D eigenvalue weighted by atomic mass is 9.81. The number of nitrogens with zero attached hydrogens (tertiary/aromatic N) is 3. The third-order valence-corrected chi connectivity index (χ3v) is 6.49. The average molecular weight is 437 g/mol. The molecule has 0 bridgehead atoms. The van der Waals surface area contributed by atoms with E-state index < -0.39 is 0 Å². The van der Waals surface area contributed by atoms with Crippen LogP contribution in [-0.2, 0) is 18.4 Å². The number of fused-ring (bicyclic) bond motifs is 1. The average Bonchev–Trinajstić information content (AvgIpc) is 2.81. The summed E-state index contributed by atoms with van der Waals surface area (Å²) in [6, 6.07) is 6.95. The van der Waals surface area contributed by atoms with Gasteiger partial charge in [0.05, 0.1) is 18.0 Å². The highest BCUT2D eigenvalue weighted by atomic mass is 16.5. The number of benzene rings is 1. The molecule has 0 spiro atoms. The van der Waals surface area contributed by atoms with Gasteiger partial charge in [-0.1, -0.05) is 0 Å². The van der Waals surface area contributed by atoms with E-state index in [1.807, 2.05) is 6.92 Å². The van der Waals surface area contributed by atoms with Crippen LogP contribution in [0, 0.1) is 18.8 Å². The predicted molar refractivity (Wildman–Crippen MR) is 123 cm³/mol. The Kier molecular flexibility index (Phi) is 6.12. The van der Waals surface area contributed by atoms with Crippen molar-refractivity contribution in [2.24, 2.45) is 18.9 Å². The molecule has 0 radical (unpaired) electrons. The third kappa shape index (κ3) is 4.17. The zero-order valence-electron chi connectivity index (χ0n) is 18.6. The Morgan fingerprint density at radius 1 is 1.19 bits per heavy atom. The number of methoxy groups -OCH3 is 1. The number of nitrogens with one attached hydrogen (secondary N) is 1. The number of carbonyl (C=O) groups excluding carboxylic acids is 1. The summed E-state index contributed by atoms with van der Waals surface area (Å²) >= 11 is 0. The Labute approximate surface area is 185 Å². The zero-order valence-corrected chi connectivity index (χ0v) is 18.6. The largest absolute Gasteiger partial charge is 0.497 e. The van der Waals surface area contributed by atoms with E-state index in [0.29, 0.717) is 23.2 Å². The van der Waals surface area contributed by atoms with E-state index >= 15 is 0 Å². The smallest absolute Gasteiger partial charge is 0.331 e. The van der Waals surface area contributed by atoms with Crippen molar-refractivity contribution in [3.05, 3.63) is 63.1 Å². The number of hydrogen-bond acceptors (Lipinski definition) is 5. The topological polar surface area (TPSA) is 95.2 Å². The van der Waals surface area contributed by atoms with Crippen LogP contribution in [0.15, 0.2) is 46.2 Å². The first-order valence-corrected chi connectivity index (χ1v) is 10.9. The molecule has 2 heterocycles. The lowest BCUT2D eigenvalue weighted by molar-refractivity contribution is -0.121. The minimum atomic E-state index is -0.319. The van der Waals surface area contributed by atoms with Crippen molar-refractivity contribution in [1.82, 2.24) is 14.1 Å². The van der Waals surface area contributed by atoms with Crippen molar-refractivity contribution < 1.29 is 9.53 Å². The van der Waals surface area contributed by atoms with Crippen molar-refractivity contribution in [3.63, 3.8) is 0 Å². The van der Waals surface area contributed by atoms with Crippen LogP contribution in [0.3, 0.4) is 0 Å². The van der Waals surface area contributed by atoms with Gasteiger partial charge in [-0.3, -0.25) is 23.7 Å². The summed E-state index contributed by atoms with van der Waals surface area (Å²) in [5.74, 6) is 0.703. The monoisotopic (exact) mass is 436 g/mol. The number of anilines is 1. The molecule has 0 atom stereocenters. The van der Waals surface area contributed by atoms with Gasteiger partial charge in [0.2, 0.25) is 5.91 Å². The van der Waals surface area contributed by atoms with Crippen LogP contribution in [0.1, 0.15) is 31.2 Å². The lowest BCUT2D eigenvalue weighted by Gasteiger charge is -2.28. The van der Waals surface area contributed by atoms with Gasteiger partial charge in [-0.25, -0.2) is 4.79 Å². The number of pyridine rings is 1. The van der Waals surface area contributed by atoms with Gasteiger partial charge in [0.1, 0.15) is 5.75 Å². The highest BCUT2D eigenvalue weighted by molar-refractivity contribution is 5.93. The first-order chi connectivity index (χ1) is 15.4. The molecule has 1 aliphatic rings. The van der Waals surface area contributed by atoms with Crippen LogP contribution in [0.4, 0.5) is 5.69 Å². The molecule has 0 saturated heterocycles. The summed E-state index contributed by atoms with van der Waals surface area (Å²) in [6.07, 6.45) is 6.44. The van der Waals surface area contributed by atoms with E-state index in [4.69, 9.17) is 4.74 Å². The molecule has 3 aromatic rings. The molecule has 4 rings (SSSR count). The molecule has 1 fully saturated rings. The van der Waals surface area contributed by atoms with Gasteiger partial charge in [-0.15, -0.1) is 0 Å². The van der Waals surface area contributed by atoms with Crippen LogP contribution in [0.2, 0.25) is 0 Å². The van der Waals surface area contributed by atoms with E-state index in [1.54, 1.807) is 50.8 Å². The second kappa shape index (κ2) is 8.98. The molecule has 0 aliphatic heterocycles. The van der Waals surface area contributed by atoms with Crippen LogP contribution < -0.4 is 21.3 Å². The predicted octanol–water partition coefficient (Wildman–Crippen LogP) is 2.86. The normalized spacial score (nSPS) is 18.5. The number of carbonyl (C=O) groups is 1. The molecular formula is C24H28N4O4. The molecule has 8 nitrogen and oxygen atoms in total. The molecule has 2 aromatic heterocycles. The number of rotatable bonds is 5. The second-order valence-electron chi connectivity index (χ2n) is 8.54. The summed E-state index contributed by atoms with van der Waals surface area (Å²) < 4.78 is 8.08. The molecule has 1 saturated carbocycles. The number of aromatic nitrogens is 3. The molecule has 32 heavy (non-hydrogen) atoms. The first kappa shape index (κ1) is 21.8. The minimum absolute atomic E-state index is 0.0173. The van der Waals surface area contributed by atoms with Gasteiger partial charge < -0.3 is 10.1 Å². The van der Waals surface area contributed by atoms with Crippen molar-refractivity contribution in [1.29, 1.82) is 0 Å². The fraction of sp³-hybridized carbons (Fsp3) is 0.417. The van der Waals surface area contributed by atoms with Crippen molar-refractivity contribution in [3.8, 4) is 5.75 Å². The maximum atomic E-state index is 13.1. The quantitative estimate of drug-likeness (QED) is 0.664. The van der Waals surface area contributed by atoms with E-state index in [1.165, 1.54) is 9.13 Å². The van der Waals surface area contributed by atoms with Gasteiger partial charge in [0.25, 0.3) is 5.56 Å². The van der Waals surface area contributed by atoms with Crippen LogP contribution >= 0.6 is 0 Å². The standard InChI is InChI=1S/C24H28N4O4/c1-15-13-25-11-10-20(15)26-22(29)17-6-4-16(5-7-17)14-28-23(30)19-12-18(32-3)8-9-21(19)27(2)24(28)31/h8-13,16-17H,4-7,14H2,1-3H3,(H,25,26,29). The third-order valence-electron chi connectivity index (χ3n) is 6.49. The van der Waals surface area contributed by atoms with Gasteiger partial charge in [0.15, 0.2) is 0 Å². The summed E-state index contributed by atoms with van der Waals surface area (Å²) in [5.41, 5.74) is 1.69. The molecule has 8 heteroatoms. The Bertz CT molecular complexity index is 1270. The van der Waals surface area contributed by atoms with Gasteiger partial charge in [0, 0.05) is 37.6 Å². The van der Waals surface area contributed by atoms with Crippen molar-refractivity contribution in [2.45, 2.75) is 39.2 Å². The van der Waals surface area contributed by atoms with E-state index in [0.717, 1.165) is 36.9 Å². The molecular weight excluding hydrogens is 408 g/mol. The van der Waals surface area contributed by atoms with Gasteiger partial charge >= 0.3 is 5.69 Å². The van der Waals surface area contributed by atoms with Crippen LogP contribution in [0.25, 0.3) is 10.9 Å². The number of aryl methyl sites for hydroxylation is 2. The van der Waals surface area contributed by atoms with E-state index in [2.05, 4.69) is 10.3 Å². The summed E-state index contributed by atoms with van der Waals surface area (Å²) in [5, 5.41) is 3.47. The summed E-state index contributed by atoms with van der Waals surface area (Å²) in [4.78, 5) is 42.7. The summed E-state index contributed by atoms with van der Waals surface area (Å²) in [7, 11) is 3.22. The maximum absolute atomic E-state index is 13.1. The van der Waals surface area contributed by atoms with Gasteiger partial charge in [-0.2, -0.15) is 0 Å². The van der Waals surface area contributed by atoms with Gasteiger partial charge in [-0.05, 0) is 68.4 Å². The Morgan fingerprint density at radius 3 is 2.62 bits per heavy atom. The Balaban J connectivity index is 1.47. The first-order valence-electron chi connectivity index (χ1n) is 10.9. The summed E-state index contributed by atoms with van der Waals surface area (Å²) in [6.45, 7) is 2.27. The molecule has 168 valence electrons. The molecule has 1 amide bonds. The Morgan fingerprint density at radius 2 is 1.94 bits per heavy atom. The van der Waals surface area contributed by atoms with E-state index in [9.17, 15) is 14.4 Å². The molecule has 0 unspecified atom stereocenters. The van der Waals surface area contributed by atoms with Crippen LogP contribution in [0.5, 0.6) is 5.75 Å². The highest BCUT2D eigenvalue weighted by Crippen LogP contribution is 2.30. The number of hydrogen-bond donors (Lipinski definition) is 1. The highest BCUT2D eigenvalue weighted by Gasteiger charge is 2.27. The molecule has 1 aliphatic carbocycles. The van der Waals surface area contributed by atoms with E-state index in [-0.39, 0.29) is 29.0 Å². The second-order valence-corrected chi connectivity index (χ2v) is 8.54. The van der Waals surface area contributed by atoms with Crippen molar-refractivity contribution >= 4 is 22.5 Å². The van der Waals surface area contributed by atoms with Crippen molar-refractivity contribution in [2.75, 3.05) is 12.4 Å². The number of amides is 1. The fourth-order valence-electron chi connectivity index (χ4n) is 4.50. The molecule has 1 N–H and O–H groups in total. The zero-order chi connectivity index (χ0) is 22.8. The lowest BCUT2D eigenvalue weighted by Crippen LogP contribution is -2.41. The van der Waals surface area contributed by atoms with Crippen LogP contribution in [-0.4, -0.2) is 27.1 Å². The number of ether oxygens (including phenoxy) is 1. The SMILES string of the molecule is COc1ccc2c(c1)c(=O)n(CC1CCC(C(=O)Nc3ccncc3C)CC1)c(=O)n2C. The molecule has 1 aromatic carbocycles. The maximum Gasteiger partial charge on any atom is 0.331 e. The minimum Gasteiger partial charge on any atom is -0.497 e.